The summed E-state index contributed by atoms with van der Waals surface area (Å²) < 4.78 is 34.2. The number of carboxylic acids is 1. The Morgan fingerprint density at radius 3 is 2.20 bits per heavy atom. The molecule has 0 bridgehead atoms. The molecule has 2 aromatic carbocycles. The van der Waals surface area contributed by atoms with Gasteiger partial charge in [0.1, 0.15) is 19.1 Å². The van der Waals surface area contributed by atoms with Crippen LogP contribution in [-0.2, 0) is 14.3 Å². The predicted octanol–water partition coefficient (Wildman–Crippen LogP) is 3.73. The number of rotatable bonds is 9. The maximum atomic E-state index is 14.4. The highest BCUT2D eigenvalue weighted by molar-refractivity contribution is 5.87. The number of carbonyl (C=O) groups excluding carboxylic acids is 2. The fourth-order valence-electron chi connectivity index (χ4n) is 5.03. The maximum absolute atomic E-state index is 14.4. The second-order valence-electron chi connectivity index (χ2n) is 9.52. The van der Waals surface area contributed by atoms with E-state index in [4.69, 9.17) is 9.84 Å². The first-order chi connectivity index (χ1) is 16.8. The quantitative estimate of drug-likeness (QED) is 0.566. The average molecular weight is 484 g/mol. The molecule has 0 heterocycles. The highest BCUT2D eigenvalue weighted by Crippen LogP contribution is 2.56. The van der Waals surface area contributed by atoms with Crippen LogP contribution >= 0.6 is 0 Å². The zero-order chi connectivity index (χ0) is 24.7. The summed E-state index contributed by atoms with van der Waals surface area (Å²) in [5.74, 6) is -8.41. The molecule has 35 heavy (non-hydrogen) atoms. The first-order valence-electron chi connectivity index (χ1n) is 11.7. The molecule has 2 unspecified atom stereocenters. The van der Waals surface area contributed by atoms with Gasteiger partial charge in [-0.05, 0) is 41.0 Å². The largest absolute Gasteiger partial charge is 0.480 e. The first-order valence-corrected chi connectivity index (χ1v) is 11.7. The molecule has 3 aliphatic carbocycles. The third kappa shape index (κ3) is 4.59. The SMILES string of the molecule is O=C(O)CN(CC1CC1)C(=O)C1C(CNC(=O)OCC2c3ccccc3-c3ccccc32)C1(F)F. The summed E-state index contributed by atoms with van der Waals surface area (Å²) in [6.45, 7) is -0.805. The van der Waals surface area contributed by atoms with Crippen molar-refractivity contribution in [2.75, 3.05) is 26.2 Å². The van der Waals surface area contributed by atoms with Crippen LogP contribution < -0.4 is 5.32 Å². The van der Waals surface area contributed by atoms with Gasteiger partial charge in [0.05, 0.1) is 5.92 Å². The number of nitrogens with zero attached hydrogens (tertiary/aromatic N) is 1. The van der Waals surface area contributed by atoms with Crippen molar-refractivity contribution in [2.45, 2.75) is 24.7 Å². The lowest BCUT2D eigenvalue weighted by Crippen LogP contribution is -2.39. The van der Waals surface area contributed by atoms with Gasteiger partial charge < -0.3 is 20.1 Å². The number of hydrogen-bond donors (Lipinski definition) is 2. The van der Waals surface area contributed by atoms with Gasteiger partial charge in [-0.15, -0.1) is 0 Å². The van der Waals surface area contributed by atoms with Crippen molar-refractivity contribution in [3.05, 3.63) is 59.7 Å². The Morgan fingerprint density at radius 1 is 1.03 bits per heavy atom. The molecule has 0 radical (unpaired) electrons. The van der Waals surface area contributed by atoms with Gasteiger partial charge in [0.25, 0.3) is 5.92 Å². The van der Waals surface area contributed by atoms with E-state index in [2.05, 4.69) is 5.32 Å². The molecule has 0 spiro atoms. The van der Waals surface area contributed by atoms with Gasteiger partial charge in [-0.1, -0.05) is 48.5 Å². The van der Waals surface area contributed by atoms with Crippen molar-refractivity contribution >= 4 is 18.0 Å². The van der Waals surface area contributed by atoms with Gasteiger partial charge >= 0.3 is 12.1 Å². The number of fused-ring (bicyclic) bond motifs is 3. The number of nitrogens with one attached hydrogen (secondary N) is 1. The lowest BCUT2D eigenvalue weighted by atomic mass is 9.98. The van der Waals surface area contributed by atoms with E-state index in [1.165, 1.54) is 0 Å². The summed E-state index contributed by atoms with van der Waals surface area (Å²) in [5, 5.41) is 11.4. The van der Waals surface area contributed by atoms with Crippen LogP contribution in [-0.4, -0.2) is 60.1 Å². The maximum Gasteiger partial charge on any atom is 0.407 e. The van der Waals surface area contributed by atoms with E-state index in [-0.39, 0.29) is 25.0 Å². The first kappa shape index (κ1) is 23.3. The van der Waals surface area contributed by atoms with Crippen LogP contribution in [0, 0.1) is 17.8 Å². The molecular weight excluding hydrogens is 458 g/mol. The lowest BCUT2D eigenvalue weighted by Gasteiger charge is -2.20. The van der Waals surface area contributed by atoms with Gasteiger partial charge in [0.15, 0.2) is 0 Å². The van der Waals surface area contributed by atoms with Gasteiger partial charge in [-0.2, -0.15) is 0 Å². The standard InChI is InChI=1S/C26H26F2N2O5/c27-26(28)21(23(26)24(33)30(13-22(31)32)12-15-9-10-15)11-29-25(34)35-14-20-18-7-3-1-5-16(18)17-6-2-4-8-19(17)20/h1-8,15,20-21,23H,9-14H2,(H,29,34)(H,31,32). The fourth-order valence-corrected chi connectivity index (χ4v) is 5.03. The van der Waals surface area contributed by atoms with Crippen LogP contribution in [0.4, 0.5) is 13.6 Å². The Balaban J connectivity index is 1.17. The third-order valence-electron chi connectivity index (χ3n) is 7.09. The summed E-state index contributed by atoms with van der Waals surface area (Å²) in [6, 6.07) is 15.7. The van der Waals surface area contributed by atoms with Gasteiger partial charge in [0.2, 0.25) is 5.91 Å². The van der Waals surface area contributed by atoms with Crippen molar-refractivity contribution < 1.29 is 33.0 Å². The number of amides is 2. The van der Waals surface area contributed by atoms with Crippen LogP contribution in [0.25, 0.3) is 11.1 Å². The van der Waals surface area contributed by atoms with Crippen molar-refractivity contribution in [3.8, 4) is 11.1 Å². The Bertz CT molecular complexity index is 1120. The lowest BCUT2D eigenvalue weighted by molar-refractivity contribution is -0.146. The zero-order valence-corrected chi connectivity index (χ0v) is 19.0. The van der Waals surface area contributed by atoms with Crippen LogP contribution in [0.1, 0.15) is 29.9 Å². The molecule has 0 aromatic heterocycles. The molecule has 9 heteroatoms. The number of aliphatic carboxylic acids is 1. The third-order valence-corrected chi connectivity index (χ3v) is 7.09. The molecule has 0 saturated heterocycles. The van der Waals surface area contributed by atoms with E-state index in [1.54, 1.807) is 0 Å². The van der Waals surface area contributed by atoms with Crippen molar-refractivity contribution in [1.82, 2.24) is 10.2 Å². The number of hydrogen-bond acceptors (Lipinski definition) is 4. The van der Waals surface area contributed by atoms with Gasteiger partial charge in [-0.25, -0.2) is 13.6 Å². The Kier molecular flexibility index (Phi) is 5.94. The second-order valence-corrected chi connectivity index (χ2v) is 9.52. The molecule has 3 aliphatic rings. The number of carbonyl (C=O) groups is 3. The molecule has 184 valence electrons. The van der Waals surface area contributed by atoms with Crippen molar-refractivity contribution in [1.29, 1.82) is 0 Å². The molecule has 2 N–H and O–H groups in total. The topological polar surface area (TPSA) is 95.9 Å². The van der Waals surface area contributed by atoms with Crippen LogP contribution in [0.2, 0.25) is 0 Å². The minimum Gasteiger partial charge on any atom is -0.480 e. The highest BCUT2D eigenvalue weighted by Gasteiger charge is 2.72. The van der Waals surface area contributed by atoms with Crippen molar-refractivity contribution in [3.63, 3.8) is 0 Å². The summed E-state index contributed by atoms with van der Waals surface area (Å²) in [4.78, 5) is 37.1. The zero-order valence-electron chi connectivity index (χ0n) is 19.0. The van der Waals surface area contributed by atoms with E-state index in [0.29, 0.717) is 0 Å². The number of ether oxygens (including phenoxy) is 1. The molecular formula is C26H26F2N2O5. The Morgan fingerprint density at radius 2 is 1.63 bits per heavy atom. The van der Waals surface area contributed by atoms with Gasteiger partial charge in [0, 0.05) is 19.0 Å². The van der Waals surface area contributed by atoms with Crippen LogP contribution in [0.5, 0.6) is 0 Å². The van der Waals surface area contributed by atoms with E-state index in [0.717, 1.165) is 40.0 Å². The summed E-state index contributed by atoms with van der Waals surface area (Å²) in [5.41, 5.74) is 4.23. The highest BCUT2D eigenvalue weighted by atomic mass is 19.3. The molecule has 5 rings (SSSR count). The number of halogens is 2. The van der Waals surface area contributed by atoms with E-state index >= 15 is 0 Å². The number of alkyl halides is 2. The molecule has 7 nitrogen and oxygen atoms in total. The number of benzene rings is 2. The van der Waals surface area contributed by atoms with E-state index < -0.39 is 48.8 Å². The normalized spacial score (nSPS) is 21.5. The van der Waals surface area contributed by atoms with Crippen molar-refractivity contribution in [2.24, 2.45) is 17.8 Å². The molecule has 2 atom stereocenters. The van der Waals surface area contributed by atoms with Gasteiger partial charge in [-0.3, -0.25) is 9.59 Å². The fraction of sp³-hybridized carbons (Fsp3) is 0.423. The van der Waals surface area contributed by atoms with E-state index in [9.17, 15) is 23.2 Å². The summed E-state index contributed by atoms with van der Waals surface area (Å²) in [6.07, 6.45) is 0.884. The number of carboxylic acid groups (broad SMARTS) is 1. The summed E-state index contributed by atoms with van der Waals surface area (Å²) in [7, 11) is 0. The molecule has 0 aliphatic heterocycles. The Labute approximate surface area is 201 Å². The molecule has 2 aromatic rings. The monoisotopic (exact) mass is 484 g/mol. The van der Waals surface area contributed by atoms with Crippen LogP contribution in [0.15, 0.2) is 48.5 Å². The predicted molar refractivity (Wildman–Crippen MR) is 122 cm³/mol. The molecule has 2 fully saturated rings. The smallest absolute Gasteiger partial charge is 0.407 e. The molecule has 2 amide bonds. The minimum atomic E-state index is -3.30. The Hall–Kier alpha value is -3.49. The second kappa shape index (κ2) is 8.94. The average Bonchev–Trinajstić information content (AvgIpc) is 3.71. The summed E-state index contributed by atoms with van der Waals surface area (Å²) >= 11 is 0. The molecule has 2 saturated carbocycles. The van der Waals surface area contributed by atoms with Crippen LogP contribution in [0.3, 0.4) is 0 Å². The number of alkyl carbamates (subject to hydrolysis) is 1. The minimum absolute atomic E-state index is 0.0526. The van der Waals surface area contributed by atoms with E-state index in [1.807, 2.05) is 48.5 Å².